The van der Waals surface area contributed by atoms with Gasteiger partial charge in [0.1, 0.15) is 11.9 Å². The highest BCUT2D eigenvalue weighted by Crippen LogP contribution is 2.25. The largest absolute Gasteiger partial charge is 0.297 e. The van der Waals surface area contributed by atoms with Gasteiger partial charge in [0.15, 0.2) is 5.69 Å². The van der Waals surface area contributed by atoms with E-state index in [1.165, 1.54) is 0 Å². The van der Waals surface area contributed by atoms with E-state index in [4.69, 9.17) is 16.9 Å². The zero-order valence-corrected chi connectivity index (χ0v) is 12.0. The molecule has 0 spiro atoms. The number of benzene rings is 1. The summed E-state index contributed by atoms with van der Waals surface area (Å²) in [4.78, 5) is 4.39. The first-order valence-corrected chi connectivity index (χ1v) is 6.70. The van der Waals surface area contributed by atoms with Crippen molar-refractivity contribution in [3.63, 3.8) is 0 Å². The first-order valence-electron chi connectivity index (χ1n) is 5.52. The Labute approximate surface area is 123 Å². The lowest BCUT2D eigenvalue weighted by atomic mass is 10.2. The molecule has 0 saturated heterocycles. The third-order valence-corrected chi connectivity index (χ3v) is 3.53. The number of hydrogen-bond acceptors (Lipinski definition) is 2. The molecule has 2 aromatic heterocycles. The number of pyridine rings is 1. The number of fused-ring (bicyclic) bond motifs is 1. The van der Waals surface area contributed by atoms with Crippen molar-refractivity contribution < 1.29 is 0 Å². The van der Waals surface area contributed by atoms with E-state index in [0.29, 0.717) is 10.7 Å². The first-order chi connectivity index (χ1) is 9.19. The Balaban J connectivity index is 2.32. The summed E-state index contributed by atoms with van der Waals surface area (Å²) in [6, 6.07) is 13.3. The summed E-state index contributed by atoms with van der Waals surface area (Å²) in [7, 11) is 0. The number of nitrogens with zero attached hydrogens (tertiary/aromatic N) is 3. The highest BCUT2D eigenvalue weighted by atomic mass is 79.9. The minimum absolute atomic E-state index is 0.414. The van der Waals surface area contributed by atoms with Gasteiger partial charge in [-0.15, -0.1) is 0 Å². The SMILES string of the molecule is N#Cc1nc(-c2ccc(Cl)cc2)n2cc(Br)ccc12. The van der Waals surface area contributed by atoms with Crippen molar-refractivity contribution in [3.8, 4) is 17.5 Å². The molecule has 0 atom stereocenters. The van der Waals surface area contributed by atoms with Gasteiger partial charge >= 0.3 is 0 Å². The van der Waals surface area contributed by atoms with E-state index in [2.05, 4.69) is 27.0 Å². The number of nitriles is 1. The van der Waals surface area contributed by atoms with Crippen LogP contribution >= 0.6 is 27.5 Å². The normalized spacial score (nSPS) is 10.6. The fourth-order valence-corrected chi connectivity index (χ4v) is 2.41. The summed E-state index contributed by atoms with van der Waals surface area (Å²) < 4.78 is 2.82. The summed E-state index contributed by atoms with van der Waals surface area (Å²) in [6.07, 6.45) is 1.90. The molecule has 0 unspecified atom stereocenters. The maximum Gasteiger partial charge on any atom is 0.166 e. The van der Waals surface area contributed by atoms with Gasteiger partial charge in [-0.05, 0) is 52.3 Å². The van der Waals surface area contributed by atoms with Gasteiger partial charge in [-0.25, -0.2) is 4.98 Å². The third-order valence-electron chi connectivity index (χ3n) is 2.81. The molecule has 0 radical (unpaired) electrons. The van der Waals surface area contributed by atoms with Crippen molar-refractivity contribution in [1.29, 1.82) is 5.26 Å². The first kappa shape index (κ1) is 12.2. The van der Waals surface area contributed by atoms with Crippen LogP contribution in [-0.2, 0) is 0 Å². The molecule has 2 heterocycles. The maximum absolute atomic E-state index is 9.15. The van der Waals surface area contributed by atoms with E-state index in [1.54, 1.807) is 0 Å². The van der Waals surface area contributed by atoms with E-state index in [0.717, 1.165) is 21.4 Å². The molecular weight excluding hydrogens is 326 g/mol. The molecule has 0 aliphatic carbocycles. The van der Waals surface area contributed by atoms with Crippen LogP contribution in [0.1, 0.15) is 5.69 Å². The molecule has 5 heteroatoms. The van der Waals surface area contributed by atoms with E-state index < -0.39 is 0 Å². The van der Waals surface area contributed by atoms with Gasteiger partial charge in [-0.2, -0.15) is 5.26 Å². The van der Waals surface area contributed by atoms with Crippen LogP contribution in [0.5, 0.6) is 0 Å². The number of aromatic nitrogens is 2. The summed E-state index contributed by atoms with van der Waals surface area (Å²) in [5, 5.41) is 9.82. The molecule has 19 heavy (non-hydrogen) atoms. The summed E-state index contributed by atoms with van der Waals surface area (Å²) in [6.45, 7) is 0. The van der Waals surface area contributed by atoms with Gasteiger partial charge in [0.25, 0.3) is 0 Å². The maximum atomic E-state index is 9.15. The molecule has 3 nitrogen and oxygen atoms in total. The van der Waals surface area contributed by atoms with E-state index in [9.17, 15) is 0 Å². The van der Waals surface area contributed by atoms with Crippen LogP contribution in [0.15, 0.2) is 47.1 Å². The summed E-state index contributed by atoms with van der Waals surface area (Å²) in [5.41, 5.74) is 2.12. The lowest BCUT2D eigenvalue weighted by Gasteiger charge is -2.02. The van der Waals surface area contributed by atoms with Crippen molar-refractivity contribution in [2.24, 2.45) is 0 Å². The molecule has 0 saturated carbocycles. The average Bonchev–Trinajstić information content (AvgIpc) is 2.77. The van der Waals surface area contributed by atoms with Crippen molar-refractivity contribution in [3.05, 3.63) is 57.8 Å². The zero-order valence-electron chi connectivity index (χ0n) is 9.64. The fraction of sp³-hybridized carbons (Fsp3) is 0. The number of hydrogen-bond donors (Lipinski definition) is 0. The van der Waals surface area contributed by atoms with Gasteiger partial charge in [-0.1, -0.05) is 11.6 Å². The molecule has 0 N–H and O–H groups in total. The number of rotatable bonds is 1. The molecule has 0 aliphatic rings. The van der Waals surface area contributed by atoms with Gasteiger partial charge in [-0.3, -0.25) is 4.40 Å². The molecule has 1 aromatic carbocycles. The van der Waals surface area contributed by atoms with Crippen LogP contribution in [-0.4, -0.2) is 9.38 Å². The smallest absolute Gasteiger partial charge is 0.166 e. The molecular formula is C14H7BrClN3. The second kappa shape index (κ2) is 4.69. The van der Waals surface area contributed by atoms with E-state index in [-0.39, 0.29) is 0 Å². The second-order valence-corrected chi connectivity index (χ2v) is 5.36. The number of imidazole rings is 1. The van der Waals surface area contributed by atoms with Crippen molar-refractivity contribution in [1.82, 2.24) is 9.38 Å². The minimum atomic E-state index is 0.414. The zero-order chi connectivity index (χ0) is 13.4. The second-order valence-electron chi connectivity index (χ2n) is 4.01. The Morgan fingerprint density at radius 2 is 1.89 bits per heavy atom. The van der Waals surface area contributed by atoms with Crippen LogP contribution in [0, 0.1) is 11.3 Å². The van der Waals surface area contributed by atoms with Crippen LogP contribution in [0.3, 0.4) is 0 Å². The van der Waals surface area contributed by atoms with Gasteiger partial charge in [0, 0.05) is 21.3 Å². The lowest BCUT2D eigenvalue weighted by molar-refractivity contribution is 1.15. The minimum Gasteiger partial charge on any atom is -0.297 e. The topological polar surface area (TPSA) is 41.1 Å². The summed E-state index contributed by atoms with van der Waals surface area (Å²) >= 11 is 9.32. The third kappa shape index (κ3) is 2.12. The van der Waals surface area contributed by atoms with E-state index in [1.807, 2.05) is 47.0 Å². The van der Waals surface area contributed by atoms with Crippen LogP contribution < -0.4 is 0 Å². The van der Waals surface area contributed by atoms with Gasteiger partial charge in [0.2, 0.25) is 0 Å². The highest BCUT2D eigenvalue weighted by Gasteiger charge is 2.12. The Hall–Kier alpha value is -1.83. The van der Waals surface area contributed by atoms with Crippen LogP contribution in [0.4, 0.5) is 0 Å². The standard InChI is InChI=1S/C14H7BrClN3/c15-10-3-6-13-12(7-17)18-14(19(13)8-10)9-1-4-11(16)5-2-9/h1-6,8H. The molecule has 92 valence electrons. The summed E-state index contributed by atoms with van der Waals surface area (Å²) in [5.74, 6) is 0.726. The predicted octanol–water partition coefficient (Wildman–Crippen LogP) is 4.29. The van der Waals surface area contributed by atoms with Crippen LogP contribution in [0.25, 0.3) is 16.9 Å². The fourth-order valence-electron chi connectivity index (χ4n) is 1.94. The Bertz CT molecular complexity index is 800. The quantitative estimate of drug-likeness (QED) is 0.667. The predicted molar refractivity (Wildman–Crippen MR) is 78.1 cm³/mol. The van der Waals surface area contributed by atoms with Gasteiger partial charge < -0.3 is 0 Å². The molecule has 3 aromatic rings. The van der Waals surface area contributed by atoms with E-state index >= 15 is 0 Å². The van der Waals surface area contributed by atoms with Crippen LogP contribution in [0.2, 0.25) is 5.02 Å². The highest BCUT2D eigenvalue weighted by molar-refractivity contribution is 9.10. The number of halogens is 2. The molecule has 0 bridgehead atoms. The molecule has 3 rings (SSSR count). The van der Waals surface area contributed by atoms with Crippen molar-refractivity contribution >= 4 is 33.0 Å². The Kier molecular flexibility index (Phi) is 3.02. The molecule has 0 amide bonds. The Morgan fingerprint density at radius 1 is 1.16 bits per heavy atom. The molecule has 0 fully saturated rings. The van der Waals surface area contributed by atoms with Crippen molar-refractivity contribution in [2.75, 3.05) is 0 Å². The lowest BCUT2D eigenvalue weighted by Crippen LogP contribution is -1.88. The van der Waals surface area contributed by atoms with Crippen molar-refractivity contribution in [2.45, 2.75) is 0 Å². The monoisotopic (exact) mass is 331 g/mol. The molecule has 0 aliphatic heterocycles. The Morgan fingerprint density at radius 3 is 2.58 bits per heavy atom. The van der Waals surface area contributed by atoms with Gasteiger partial charge in [0.05, 0.1) is 5.52 Å². The average molecular weight is 333 g/mol.